The summed E-state index contributed by atoms with van der Waals surface area (Å²) in [7, 11) is 28.1. The first kappa shape index (κ1) is 49.1. The van der Waals surface area contributed by atoms with Crippen LogP contribution in [0.15, 0.2) is 59.3 Å². The van der Waals surface area contributed by atoms with Gasteiger partial charge in [0.05, 0.1) is 25.7 Å². The summed E-state index contributed by atoms with van der Waals surface area (Å²) in [5, 5.41) is 4.12. The molecular weight excluding hydrogens is 985 g/mol. The molecule has 4 rings (SSSR count). The second kappa shape index (κ2) is 26.1. The molecule has 0 fully saturated rings. The average molecular weight is 1030 g/mol. The summed E-state index contributed by atoms with van der Waals surface area (Å²) >= 11 is 1.55. The molecule has 0 amide bonds. The van der Waals surface area contributed by atoms with E-state index in [1.54, 1.807) is 32.9 Å². The molecule has 1 aliphatic heterocycles. The number of benzene rings is 2. The molecule has 1 aromatic heterocycles. The number of esters is 1. The molecule has 20 heteroatoms. The van der Waals surface area contributed by atoms with Gasteiger partial charge in [-0.05, 0) is 124 Å². The van der Waals surface area contributed by atoms with Crippen LogP contribution in [0.4, 0.5) is 0 Å². The number of hydrogen-bond acceptors (Lipinski definition) is 20. The Hall–Kier alpha value is 2.46. The Morgan fingerprint density at radius 1 is 0.778 bits per heavy atom. The smallest absolute Gasteiger partial charge is 0.338 e. The number of ether oxygens (including phenoxy) is 3. The van der Waals surface area contributed by atoms with Gasteiger partial charge >= 0.3 is 5.97 Å². The molecule has 0 N–H and O–H groups in total. The highest BCUT2D eigenvalue weighted by molar-refractivity contribution is 9.11. The minimum absolute atomic E-state index is 0.00781. The maximum atomic E-state index is 13.2. The first-order chi connectivity index (χ1) is 26.1. The fraction of sp³-hybridized carbons (Fsp3) is 0.500. The van der Waals surface area contributed by atoms with Crippen molar-refractivity contribution in [2.24, 2.45) is 5.41 Å². The number of hydrogen-bond donors (Lipinski definition) is 0. The van der Waals surface area contributed by atoms with E-state index in [4.69, 9.17) is 14.2 Å². The normalized spacial score (nSPS) is 16.6. The highest BCUT2D eigenvalue weighted by Gasteiger charge is 2.35. The fourth-order valence-corrected chi connectivity index (χ4v) is 25.4. The third kappa shape index (κ3) is 15.7. The molecule has 0 aliphatic carbocycles. The molecule has 0 bridgehead atoms. The maximum absolute atomic E-state index is 13.2. The Morgan fingerprint density at radius 3 is 1.87 bits per heavy atom. The molecule has 3 aromatic rings. The Morgan fingerprint density at radius 2 is 1.31 bits per heavy atom. The second-order valence-corrected chi connectivity index (χ2v) is 35.4. The zero-order chi connectivity index (χ0) is 38.9. The number of fused-ring (bicyclic) bond motifs is 1. The molecule has 0 saturated carbocycles. The van der Waals surface area contributed by atoms with Gasteiger partial charge in [0.1, 0.15) is 19.8 Å². The van der Waals surface area contributed by atoms with Gasteiger partial charge in [-0.1, -0.05) is 144 Å². The molecule has 0 spiro atoms. The molecule has 3 atom stereocenters. The number of carbonyl (C=O) groups excluding carboxylic acids is 1. The Labute approximate surface area is 384 Å². The van der Waals surface area contributed by atoms with Crippen LogP contribution >= 0.6 is 168 Å². The predicted molar refractivity (Wildman–Crippen MR) is 276 cm³/mol. The van der Waals surface area contributed by atoms with Crippen LogP contribution in [0.2, 0.25) is 0 Å². The van der Waals surface area contributed by atoms with Crippen molar-refractivity contribution < 1.29 is 19.0 Å². The third-order valence-corrected chi connectivity index (χ3v) is 30.7. The van der Waals surface area contributed by atoms with Crippen molar-refractivity contribution in [1.29, 1.82) is 0 Å². The van der Waals surface area contributed by atoms with Gasteiger partial charge in [0, 0.05) is 28.0 Å². The van der Waals surface area contributed by atoms with Gasteiger partial charge in [-0.15, -0.1) is 11.3 Å². The summed E-state index contributed by atoms with van der Waals surface area (Å²) in [5.41, 5.74) is 4.08. The average Bonchev–Trinajstić information content (AvgIpc) is 3.58. The van der Waals surface area contributed by atoms with Crippen LogP contribution in [-0.4, -0.2) is 68.1 Å². The summed E-state index contributed by atoms with van der Waals surface area (Å²) in [6.45, 7) is 7.89. The van der Waals surface area contributed by atoms with Gasteiger partial charge < -0.3 is 14.2 Å². The molecule has 0 radical (unpaired) electrons. The molecule has 4 nitrogen and oxygen atoms in total. The Kier molecular flexibility index (Phi) is 23.7. The second-order valence-electron chi connectivity index (χ2n) is 12.3. The highest BCUT2D eigenvalue weighted by atomic mass is 33.5. The van der Waals surface area contributed by atoms with Crippen molar-refractivity contribution in [1.82, 2.24) is 0 Å². The van der Waals surface area contributed by atoms with Crippen LogP contribution in [0.5, 0.6) is 11.5 Å². The van der Waals surface area contributed by atoms with Crippen molar-refractivity contribution in [3.63, 3.8) is 0 Å². The van der Waals surface area contributed by atoms with Gasteiger partial charge in [-0.2, -0.15) is 0 Å². The van der Waals surface area contributed by atoms with Crippen LogP contribution in [0.3, 0.4) is 0 Å². The fourth-order valence-electron chi connectivity index (χ4n) is 4.70. The van der Waals surface area contributed by atoms with Crippen LogP contribution < -0.4 is 9.47 Å². The lowest BCUT2D eigenvalue weighted by Crippen LogP contribution is -2.36. The molecule has 1 aliphatic rings. The molecule has 0 saturated heterocycles. The van der Waals surface area contributed by atoms with E-state index in [9.17, 15) is 4.79 Å². The largest absolute Gasteiger partial charge is 0.488 e. The maximum Gasteiger partial charge on any atom is 0.338 e. The lowest BCUT2D eigenvalue weighted by atomic mass is 9.94. The van der Waals surface area contributed by atoms with Crippen molar-refractivity contribution >= 4 is 174 Å². The van der Waals surface area contributed by atoms with E-state index in [1.165, 1.54) is 16.7 Å². The van der Waals surface area contributed by atoms with Crippen LogP contribution in [-0.2, 0) is 14.2 Å². The number of rotatable bonds is 25. The Bertz CT molecular complexity index is 1530. The van der Waals surface area contributed by atoms with Gasteiger partial charge in [-0.3, -0.25) is 0 Å². The van der Waals surface area contributed by atoms with E-state index in [0.717, 1.165) is 28.8 Å². The van der Waals surface area contributed by atoms with Crippen molar-refractivity contribution in [3.05, 3.63) is 81.5 Å². The molecule has 54 heavy (non-hydrogen) atoms. The zero-order valence-corrected chi connectivity index (χ0v) is 43.8. The SMILES string of the molecule is CSSSCC(SSSC(C)(CSSSC)c1cccc(C(C)(CSSSC)SSSC)c1)c1ccc(C(=O)OCC2(C)COc3cscc3OC2)cc1. The number of carbonyl (C=O) groups is 1. The van der Waals surface area contributed by atoms with E-state index in [2.05, 4.69) is 75.3 Å². The van der Waals surface area contributed by atoms with E-state index in [0.29, 0.717) is 18.8 Å². The van der Waals surface area contributed by atoms with Crippen LogP contribution in [0.1, 0.15) is 53.1 Å². The van der Waals surface area contributed by atoms with Crippen molar-refractivity contribution in [3.8, 4) is 11.5 Å². The van der Waals surface area contributed by atoms with E-state index in [-0.39, 0.29) is 27.3 Å². The van der Waals surface area contributed by atoms with E-state index < -0.39 is 5.41 Å². The van der Waals surface area contributed by atoms with Gasteiger partial charge in [0.2, 0.25) is 0 Å². The monoisotopic (exact) mass is 1030 g/mol. The van der Waals surface area contributed by atoms with Gasteiger partial charge in [0.25, 0.3) is 0 Å². The van der Waals surface area contributed by atoms with Gasteiger partial charge in [0.15, 0.2) is 11.5 Å². The zero-order valence-electron chi connectivity index (χ0n) is 30.8. The molecule has 2 aromatic carbocycles. The molecule has 3 unspecified atom stereocenters. The first-order valence-corrected chi connectivity index (χ1v) is 36.7. The lowest BCUT2D eigenvalue weighted by molar-refractivity contribution is 0.0101. The molecule has 300 valence electrons. The molecular formula is C34H44O4S16. The summed E-state index contributed by atoms with van der Waals surface area (Å²) in [5.74, 6) is 4.16. The van der Waals surface area contributed by atoms with E-state index in [1.807, 2.05) is 165 Å². The summed E-state index contributed by atoms with van der Waals surface area (Å²) < 4.78 is 17.6. The van der Waals surface area contributed by atoms with Crippen LogP contribution in [0.25, 0.3) is 0 Å². The van der Waals surface area contributed by atoms with Crippen molar-refractivity contribution in [2.75, 3.05) is 62.1 Å². The van der Waals surface area contributed by atoms with Gasteiger partial charge in [-0.25, -0.2) is 4.79 Å². The number of thiophene rings is 1. The topological polar surface area (TPSA) is 44.8 Å². The summed E-state index contributed by atoms with van der Waals surface area (Å²) in [6, 6.07) is 17.3. The first-order valence-electron chi connectivity index (χ1n) is 16.1. The lowest BCUT2D eigenvalue weighted by Gasteiger charge is -2.32. The van der Waals surface area contributed by atoms with Crippen molar-refractivity contribution in [2.45, 2.75) is 35.5 Å². The Balaban J connectivity index is 1.44. The highest BCUT2D eigenvalue weighted by Crippen LogP contribution is 2.57. The summed E-state index contributed by atoms with van der Waals surface area (Å²) in [6.07, 6.45) is 8.56. The minimum atomic E-state index is -0.435. The third-order valence-electron chi connectivity index (χ3n) is 7.80. The molecule has 2 heterocycles. The van der Waals surface area contributed by atoms with Crippen LogP contribution in [0, 0.1) is 5.41 Å². The van der Waals surface area contributed by atoms with E-state index >= 15 is 0 Å². The standard InChI is InChI=1S/C34H44O4S16/c1-32(19-36-28-16-43-17-29(28)37-20-32)21-38-31(35)25-13-11-24(12-14-25)30(18-44-50-39-4)47-54-49-34(3,23-46-52-41-6)27-10-8-9-26(15-27)33(2,48-53-42-7)22-45-51-40-5/h8-17,30H,18-23H2,1-7H3. The predicted octanol–water partition coefficient (Wildman–Crippen LogP) is 16.2. The summed E-state index contributed by atoms with van der Waals surface area (Å²) in [4.78, 5) is 13.2. The quantitative estimate of drug-likeness (QED) is 0.0459. The minimum Gasteiger partial charge on any atom is -0.488 e.